The first kappa shape index (κ1) is 17.5. The molecule has 0 saturated carbocycles. The van der Waals surface area contributed by atoms with Crippen molar-refractivity contribution in [3.63, 3.8) is 0 Å². The van der Waals surface area contributed by atoms with Crippen molar-refractivity contribution in [2.24, 2.45) is 5.92 Å². The number of benzene rings is 1. The number of aliphatic hydroxyl groups excluding tert-OH is 2. The number of rotatable bonds is 0. The maximum absolute atomic E-state index is 10.4. The van der Waals surface area contributed by atoms with Crippen LogP contribution in [0.5, 0.6) is 11.5 Å². The van der Waals surface area contributed by atoms with E-state index < -0.39 is 6.10 Å². The van der Waals surface area contributed by atoms with Crippen molar-refractivity contribution in [2.45, 2.75) is 49.0 Å². The number of hydrogen-bond acceptors (Lipinski definition) is 6. The van der Waals surface area contributed by atoms with Crippen molar-refractivity contribution >= 4 is 0 Å². The molecular formula is C21H27NO5. The largest absolute Gasteiger partial charge is 0.504 e. The second kappa shape index (κ2) is 6.21. The molecule has 6 heteroatoms. The molecule has 0 amide bonds. The van der Waals surface area contributed by atoms with Gasteiger partial charge in [0.05, 0.1) is 18.1 Å². The minimum Gasteiger partial charge on any atom is -0.504 e. The lowest BCUT2D eigenvalue weighted by molar-refractivity contribution is -0.00535. The molecule has 6 nitrogen and oxygen atoms in total. The Hall–Kier alpha value is -1.60. The Bertz CT molecular complexity index is 774. The van der Waals surface area contributed by atoms with Crippen LogP contribution in [0.1, 0.15) is 24.0 Å². The van der Waals surface area contributed by atoms with E-state index in [-0.39, 0.29) is 23.4 Å². The van der Waals surface area contributed by atoms with Crippen LogP contribution in [0.3, 0.4) is 0 Å². The first-order chi connectivity index (χ1) is 13.0. The predicted molar refractivity (Wildman–Crippen MR) is 99.0 cm³/mol. The molecule has 3 aliphatic heterocycles. The van der Waals surface area contributed by atoms with Gasteiger partial charge in [-0.3, -0.25) is 0 Å². The van der Waals surface area contributed by atoms with E-state index in [2.05, 4.69) is 18.0 Å². The van der Waals surface area contributed by atoms with Gasteiger partial charge in [0, 0.05) is 30.7 Å². The van der Waals surface area contributed by atoms with E-state index in [1.165, 1.54) is 5.56 Å². The summed E-state index contributed by atoms with van der Waals surface area (Å²) in [5.74, 6) is 1.18. The molecule has 2 fully saturated rings. The summed E-state index contributed by atoms with van der Waals surface area (Å²) < 4.78 is 11.0. The highest BCUT2D eigenvalue weighted by Crippen LogP contribution is 2.62. The SMILES string of the molecule is CN1CC23c4c5ccc(O)c4O[C@H]2[C@@H](O)C=CC3C1C5.OC1CCCOC1. The average Bonchev–Trinajstić information content (AvgIpc) is 3.11. The van der Waals surface area contributed by atoms with Crippen molar-refractivity contribution in [1.29, 1.82) is 0 Å². The van der Waals surface area contributed by atoms with Gasteiger partial charge in [-0.05, 0) is 37.9 Å². The number of aromatic hydroxyl groups is 1. The molecule has 3 heterocycles. The molecule has 5 aliphatic rings. The molecule has 2 bridgehead atoms. The molecule has 2 aliphatic carbocycles. The van der Waals surface area contributed by atoms with Gasteiger partial charge in [0.15, 0.2) is 11.5 Å². The summed E-state index contributed by atoms with van der Waals surface area (Å²) in [5, 5.41) is 29.3. The first-order valence-electron chi connectivity index (χ1n) is 9.87. The molecular weight excluding hydrogens is 346 g/mol. The third-order valence-corrected chi connectivity index (χ3v) is 6.92. The third-order valence-electron chi connectivity index (χ3n) is 6.92. The van der Waals surface area contributed by atoms with Gasteiger partial charge in [-0.15, -0.1) is 0 Å². The Morgan fingerprint density at radius 3 is 2.78 bits per heavy atom. The Morgan fingerprint density at radius 2 is 2.07 bits per heavy atom. The Kier molecular flexibility index (Phi) is 4.02. The van der Waals surface area contributed by atoms with E-state index in [0.717, 1.165) is 38.0 Å². The van der Waals surface area contributed by atoms with Crippen molar-refractivity contribution in [3.8, 4) is 11.5 Å². The Morgan fingerprint density at radius 1 is 1.22 bits per heavy atom. The Balaban J connectivity index is 0.000000195. The second-order valence-electron chi connectivity index (χ2n) is 8.49. The molecule has 146 valence electrons. The monoisotopic (exact) mass is 373 g/mol. The fraction of sp³-hybridized carbons (Fsp3) is 0.619. The number of likely N-dealkylation sites (N-methyl/N-ethyl adjacent to an activating group) is 1. The van der Waals surface area contributed by atoms with Gasteiger partial charge < -0.3 is 29.7 Å². The number of hydrogen-bond donors (Lipinski definition) is 3. The van der Waals surface area contributed by atoms with Crippen LogP contribution >= 0.6 is 0 Å². The smallest absolute Gasteiger partial charge is 0.165 e. The van der Waals surface area contributed by atoms with Crippen LogP contribution in [0.15, 0.2) is 24.3 Å². The number of phenols is 1. The van der Waals surface area contributed by atoms with Gasteiger partial charge in [0.2, 0.25) is 0 Å². The fourth-order valence-electron chi connectivity index (χ4n) is 5.81. The van der Waals surface area contributed by atoms with Crippen LogP contribution in [-0.2, 0) is 16.6 Å². The van der Waals surface area contributed by atoms with Crippen LogP contribution in [0.2, 0.25) is 0 Å². The molecule has 1 aromatic rings. The molecule has 1 aromatic carbocycles. The summed E-state index contributed by atoms with van der Waals surface area (Å²) in [6.45, 7) is 2.26. The summed E-state index contributed by atoms with van der Waals surface area (Å²) in [6.07, 6.45) is 5.90. The molecule has 1 spiro atoms. The molecule has 0 radical (unpaired) electrons. The highest BCUT2D eigenvalue weighted by molar-refractivity contribution is 5.62. The third kappa shape index (κ3) is 2.40. The van der Waals surface area contributed by atoms with Gasteiger partial charge in [0.25, 0.3) is 0 Å². The number of likely N-dealkylation sites (tertiary alicyclic amines) is 1. The van der Waals surface area contributed by atoms with Gasteiger partial charge in [-0.1, -0.05) is 18.2 Å². The van der Waals surface area contributed by atoms with Crippen LogP contribution < -0.4 is 4.74 Å². The number of aliphatic hydroxyl groups is 2. The topological polar surface area (TPSA) is 82.4 Å². The molecule has 4 unspecified atom stereocenters. The molecule has 6 atom stereocenters. The highest BCUT2D eigenvalue weighted by Gasteiger charge is 2.66. The highest BCUT2D eigenvalue weighted by atomic mass is 16.5. The summed E-state index contributed by atoms with van der Waals surface area (Å²) in [4.78, 5) is 2.38. The lowest BCUT2D eigenvalue weighted by Crippen LogP contribution is -2.54. The summed E-state index contributed by atoms with van der Waals surface area (Å²) in [6, 6.07) is 4.21. The van der Waals surface area contributed by atoms with Gasteiger partial charge in [-0.25, -0.2) is 0 Å². The van der Waals surface area contributed by atoms with E-state index in [1.807, 2.05) is 12.1 Å². The van der Waals surface area contributed by atoms with E-state index in [9.17, 15) is 10.2 Å². The van der Waals surface area contributed by atoms with E-state index in [1.54, 1.807) is 6.07 Å². The van der Waals surface area contributed by atoms with E-state index >= 15 is 0 Å². The molecule has 6 rings (SSSR count). The summed E-state index contributed by atoms with van der Waals surface area (Å²) >= 11 is 0. The molecule has 3 N–H and O–H groups in total. The normalized spacial score (nSPS) is 40.8. The van der Waals surface area contributed by atoms with Gasteiger partial charge in [-0.2, -0.15) is 0 Å². The predicted octanol–water partition coefficient (Wildman–Crippen LogP) is 0.966. The summed E-state index contributed by atoms with van der Waals surface area (Å²) in [7, 11) is 2.15. The zero-order valence-corrected chi connectivity index (χ0v) is 15.5. The van der Waals surface area contributed by atoms with E-state index in [0.29, 0.717) is 24.3 Å². The van der Waals surface area contributed by atoms with Crippen molar-refractivity contribution in [3.05, 3.63) is 35.4 Å². The van der Waals surface area contributed by atoms with Crippen LogP contribution in [0, 0.1) is 5.92 Å². The average molecular weight is 373 g/mol. The molecule has 0 aromatic heterocycles. The maximum atomic E-state index is 10.4. The van der Waals surface area contributed by atoms with Crippen LogP contribution in [-0.4, -0.2) is 71.4 Å². The van der Waals surface area contributed by atoms with E-state index in [4.69, 9.17) is 14.6 Å². The fourth-order valence-corrected chi connectivity index (χ4v) is 5.81. The van der Waals surface area contributed by atoms with Crippen molar-refractivity contribution in [1.82, 2.24) is 4.90 Å². The zero-order valence-electron chi connectivity index (χ0n) is 15.5. The maximum Gasteiger partial charge on any atom is 0.165 e. The minimum absolute atomic E-state index is 0.185. The first-order valence-corrected chi connectivity index (χ1v) is 9.87. The van der Waals surface area contributed by atoms with Crippen LogP contribution in [0.4, 0.5) is 0 Å². The number of nitrogens with zero attached hydrogens (tertiary/aromatic N) is 1. The van der Waals surface area contributed by atoms with Crippen LogP contribution in [0.25, 0.3) is 0 Å². The standard InChI is InChI=1S/C16H17NO3.C5H10O2/c1-17-7-16-9-3-5-12(19)15(16)20-14-11(18)4-2-8(13(14)16)6-10(9)17;6-5-2-1-3-7-4-5/h2-5,9-10,12,15,18-19H,6-7H2,1H3;5-6H,1-4H2/t9?,10?,12-,15-,16?;/m0./s1. The van der Waals surface area contributed by atoms with Gasteiger partial charge in [0.1, 0.15) is 12.2 Å². The number of ether oxygens (including phenoxy) is 2. The quantitative estimate of drug-likeness (QED) is 0.588. The zero-order chi connectivity index (χ0) is 18.8. The Labute approximate surface area is 159 Å². The molecule has 2 saturated heterocycles. The lowest BCUT2D eigenvalue weighted by Gasteiger charge is -2.43. The van der Waals surface area contributed by atoms with Crippen molar-refractivity contribution in [2.75, 3.05) is 26.8 Å². The van der Waals surface area contributed by atoms with Crippen molar-refractivity contribution < 1.29 is 24.8 Å². The summed E-state index contributed by atoms with van der Waals surface area (Å²) in [5.41, 5.74) is 2.24. The second-order valence-corrected chi connectivity index (χ2v) is 8.49. The lowest BCUT2D eigenvalue weighted by atomic mass is 9.59. The van der Waals surface area contributed by atoms with Gasteiger partial charge >= 0.3 is 0 Å². The molecule has 27 heavy (non-hydrogen) atoms. The number of phenolic OH excluding ortho intramolecular Hbond substituents is 1. The minimum atomic E-state index is -0.601.